The number of thioether (sulfide) groups is 1. The summed E-state index contributed by atoms with van der Waals surface area (Å²) in [5.41, 5.74) is -3.42. The summed E-state index contributed by atoms with van der Waals surface area (Å²) < 4.78 is 38.4. The first-order chi connectivity index (χ1) is 6.01. The number of benzene rings is 1. The predicted octanol–water partition coefficient (Wildman–Crippen LogP) is 4.06. The zero-order valence-corrected chi connectivity index (χ0v) is 9.20. The van der Waals surface area contributed by atoms with Crippen molar-refractivity contribution < 1.29 is 13.2 Å². The monoisotopic (exact) mass is 319 g/mol. The second-order valence-electron chi connectivity index (χ2n) is 2.17. The molecule has 0 aliphatic carbocycles. The van der Waals surface area contributed by atoms with Gasteiger partial charge in [0.1, 0.15) is 0 Å². The molecule has 0 saturated carbocycles. The third-order valence-corrected chi connectivity index (χ3v) is 2.56. The lowest BCUT2D eigenvalue weighted by Gasteiger charge is -2.05. The van der Waals surface area contributed by atoms with Gasteiger partial charge in [0.05, 0.1) is 22.9 Å². The van der Waals surface area contributed by atoms with Crippen molar-refractivity contribution in [3.8, 4) is 0 Å². The minimum atomic E-state index is -4.21. The van der Waals surface area contributed by atoms with Crippen molar-refractivity contribution in [2.75, 3.05) is 3.53 Å². The Morgan fingerprint density at radius 1 is 1.15 bits per heavy atom. The molecule has 0 spiro atoms. The Bertz CT molecular complexity index is 272. The van der Waals surface area contributed by atoms with Crippen molar-refractivity contribution in [1.29, 1.82) is 0 Å². The van der Waals surface area contributed by atoms with E-state index in [1.54, 1.807) is 12.1 Å². The molecule has 6 heteroatoms. The highest BCUT2D eigenvalue weighted by Crippen LogP contribution is 2.37. The van der Waals surface area contributed by atoms with E-state index in [1.165, 1.54) is 12.1 Å². The lowest BCUT2D eigenvalue weighted by atomic mass is 10.3. The van der Waals surface area contributed by atoms with Crippen LogP contribution in [0.5, 0.6) is 0 Å². The molecule has 1 aromatic rings. The maximum absolute atomic E-state index is 11.9. The van der Waals surface area contributed by atoms with Crippen LogP contribution in [0.2, 0.25) is 0 Å². The fourth-order valence-electron chi connectivity index (χ4n) is 0.720. The molecule has 0 atom stereocenters. The van der Waals surface area contributed by atoms with Gasteiger partial charge in [-0.1, -0.05) is 0 Å². The normalized spacial score (nSPS) is 11.4. The zero-order valence-electron chi connectivity index (χ0n) is 6.23. The minimum absolute atomic E-state index is 0.110. The summed E-state index contributed by atoms with van der Waals surface area (Å²) in [6, 6.07) is 6.05. The number of hydrogen-bond donors (Lipinski definition) is 1. The molecule has 72 valence electrons. The molecule has 0 aromatic heterocycles. The minimum Gasteiger partial charge on any atom is -0.328 e. The summed E-state index contributed by atoms with van der Waals surface area (Å²) in [4.78, 5) is 0.197. The van der Waals surface area contributed by atoms with E-state index in [1.807, 2.05) is 22.9 Å². The van der Waals surface area contributed by atoms with E-state index in [2.05, 4.69) is 3.53 Å². The van der Waals surface area contributed by atoms with E-state index in [-0.39, 0.29) is 16.7 Å². The van der Waals surface area contributed by atoms with Crippen molar-refractivity contribution in [2.45, 2.75) is 10.4 Å². The third kappa shape index (κ3) is 4.08. The predicted molar refractivity (Wildman–Crippen MR) is 56.0 cm³/mol. The first kappa shape index (κ1) is 11.0. The van der Waals surface area contributed by atoms with Gasteiger partial charge in [0.2, 0.25) is 0 Å². The van der Waals surface area contributed by atoms with E-state index in [0.29, 0.717) is 0 Å². The molecule has 0 aliphatic heterocycles. The molecular weight excluding hydrogens is 314 g/mol. The smallest absolute Gasteiger partial charge is 0.328 e. The van der Waals surface area contributed by atoms with E-state index in [9.17, 15) is 13.2 Å². The summed E-state index contributed by atoms with van der Waals surface area (Å²) in [5, 5.41) is 0. The first-order valence-corrected chi connectivity index (χ1v) is 5.13. The van der Waals surface area contributed by atoms with E-state index in [0.717, 1.165) is 5.69 Å². The Morgan fingerprint density at radius 3 is 2.08 bits per heavy atom. The molecule has 0 radical (unpaired) electrons. The Hall–Kier alpha value is -0.110. The second-order valence-corrected chi connectivity index (χ2v) is 3.84. The van der Waals surface area contributed by atoms with E-state index in [4.69, 9.17) is 0 Å². The maximum atomic E-state index is 11.9. The van der Waals surface area contributed by atoms with Crippen LogP contribution >= 0.6 is 34.6 Å². The molecule has 1 N–H and O–H groups in total. The van der Waals surface area contributed by atoms with Crippen molar-refractivity contribution in [2.24, 2.45) is 0 Å². The van der Waals surface area contributed by atoms with Crippen LogP contribution in [-0.2, 0) is 0 Å². The van der Waals surface area contributed by atoms with Crippen LogP contribution in [0.25, 0.3) is 0 Å². The number of nitrogens with one attached hydrogen (secondary N) is 1. The van der Waals surface area contributed by atoms with Crippen molar-refractivity contribution in [3.05, 3.63) is 24.3 Å². The van der Waals surface area contributed by atoms with Crippen LogP contribution in [0.1, 0.15) is 0 Å². The molecule has 0 saturated heterocycles. The topological polar surface area (TPSA) is 12.0 Å². The van der Waals surface area contributed by atoms with Gasteiger partial charge >= 0.3 is 5.51 Å². The quantitative estimate of drug-likeness (QED) is 0.501. The van der Waals surface area contributed by atoms with Crippen molar-refractivity contribution in [1.82, 2.24) is 0 Å². The summed E-state index contributed by atoms with van der Waals surface area (Å²) in [7, 11) is 0. The number of halogens is 4. The molecule has 0 fully saturated rings. The standard InChI is InChI=1S/C7H5F3INS/c8-7(9,10)13-6-3-1-5(12-11)2-4-6/h1-4,12H. The number of hydrogen-bond acceptors (Lipinski definition) is 2. The average Bonchev–Trinajstić information content (AvgIpc) is 2.03. The molecule has 0 unspecified atom stereocenters. The van der Waals surface area contributed by atoms with Crippen molar-refractivity contribution >= 4 is 40.3 Å². The van der Waals surface area contributed by atoms with Gasteiger partial charge in [-0.25, -0.2) is 0 Å². The van der Waals surface area contributed by atoms with Gasteiger partial charge < -0.3 is 3.53 Å². The van der Waals surface area contributed by atoms with E-state index < -0.39 is 5.51 Å². The molecule has 1 nitrogen and oxygen atoms in total. The van der Waals surface area contributed by atoms with Crippen LogP contribution in [0.4, 0.5) is 18.9 Å². The van der Waals surface area contributed by atoms with Gasteiger partial charge in [-0.05, 0) is 36.0 Å². The van der Waals surface area contributed by atoms with Crippen LogP contribution in [0.3, 0.4) is 0 Å². The van der Waals surface area contributed by atoms with Crippen LogP contribution in [0, 0.1) is 0 Å². The van der Waals surface area contributed by atoms with Gasteiger partial charge in [-0.15, -0.1) is 0 Å². The molecular formula is C7H5F3INS. The number of alkyl halides is 3. The fourth-order valence-corrected chi connectivity index (χ4v) is 1.62. The molecule has 13 heavy (non-hydrogen) atoms. The molecule has 0 aliphatic rings. The van der Waals surface area contributed by atoms with Crippen LogP contribution in [-0.4, -0.2) is 5.51 Å². The Kier molecular flexibility index (Phi) is 3.72. The molecule has 1 rings (SSSR count). The fraction of sp³-hybridized carbons (Fsp3) is 0.143. The van der Waals surface area contributed by atoms with Gasteiger partial charge in [0.25, 0.3) is 0 Å². The summed E-state index contributed by atoms with van der Waals surface area (Å²) in [6.45, 7) is 0. The highest BCUT2D eigenvalue weighted by Gasteiger charge is 2.28. The van der Waals surface area contributed by atoms with Gasteiger partial charge in [0, 0.05) is 10.6 Å². The zero-order chi connectivity index (χ0) is 9.90. The molecule has 0 amide bonds. The highest BCUT2D eigenvalue weighted by molar-refractivity contribution is 14.1. The second kappa shape index (κ2) is 4.41. The van der Waals surface area contributed by atoms with E-state index >= 15 is 0 Å². The number of rotatable bonds is 2. The van der Waals surface area contributed by atoms with Crippen LogP contribution < -0.4 is 3.53 Å². The van der Waals surface area contributed by atoms with Crippen LogP contribution in [0.15, 0.2) is 29.2 Å². The first-order valence-electron chi connectivity index (χ1n) is 3.24. The van der Waals surface area contributed by atoms with Gasteiger partial charge in [-0.3, -0.25) is 0 Å². The lowest BCUT2D eigenvalue weighted by Crippen LogP contribution is -1.98. The molecule has 0 bridgehead atoms. The molecule has 1 aromatic carbocycles. The summed E-state index contributed by atoms with van der Waals surface area (Å²) in [6.07, 6.45) is 0. The van der Waals surface area contributed by atoms with Gasteiger partial charge in [0.15, 0.2) is 0 Å². The highest BCUT2D eigenvalue weighted by atomic mass is 127. The third-order valence-electron chi connectivity index (χ3n) is 1.20. The Balaban J connectivity index is 2.70. The Morgan fingerprint density at radius 2 is 1.69 bits per heavy atom. The largest absolute Gasteiger partial charge is 0.446 e. The maximum Gasteiger partial charge on any atom is 0.446 e. The molecule has 0 heterocycles. The van der Waals surface area contributed by atoms with Crippen molar-refractivity contribution in [3.63, 3.8) is 0 Å². The average molecular weight is 319 g/mol. The SMILES string of the molecule is FC(F)(F)Sc1ccc(NI)cc1. The summed E-state index contributed by atoms with van der Waals surface area (Å²) in [5.74, 6) is 0. The Labute approximate surface area is 91.6 Å². The number of anilines is 1. The lowest BCUT2D eigenvalue weighted by molar-refractivity contribution is -0.0328. The summed E-state index contributed by atoms with van der Waals surface area (Å²) >= 11 is 1.80. The van der Waals surface area contributed by atoms with Gasteiger partial charge in [-0.2, -0.15) is 13.2 Å².